The van der Waals surface area contributed by atoms with Gasteiger partial charge in [-0.25, -0.2) is 0 Å². The first-order chi connectivity index (χ1) is 9.01. The second-order valence-electron chi connectivity index (χ2n) is 4.71. The highest BCUT2D eigenvalue weighted by Gasteiger charge is 2.40. The molecule has 0 saturated heterocycles. The summed E-state index contributed by atoms with van der Waals surface area (Å²) in [6, 6.07) is 0. The van der Waals surface area contributed by atoms with Crippen LogP contribution >= 0.6 is 11.3 Å². The van der Waals surface area contributed by atoms with Gasteiger partial charge in [-0.2, -0.15) is 0 Å². The predicted octanol–water partition coefficient (Wildman–Crippen LogP) is 3.51. The van der Waals surface area contributed by atoms with Gasteiger partial charge < -0.3 is 0 Å². The standard InChI is InChI=1S/C15H17NO2S/c1-5-7-11-13-12(10(4)19-11)14(17)16(15(13)18)8-9(3)6-2/h5-7,9H,2,8H2,1,3-4H3/b7-5+. The van der Waals surface area contributed by atoms with Crippen LogP contribution in [0.4, 0.5) is 0 Å². The highest BCUT2D eigenvalue weighted by atomic mass is 32.1. The number of rotatable bonds is 4. The Labute approximate surface area is 117 Å². The molecule has 0 saturated carbocycles. The minimum Gasteiger partial charge on any atom is -0.274 e. The van der Waals surface area contributed by atoms with E-state index < -0.39 is 0 Å². The summed E-state index contributed by atoms with van der Waals surface area (Å²) in [5, 5.41) is 0. The van der Waals surface area contributed by atoms with Crippen molar-refractivity contribution in [3.8, 4) is 0 Å². The number of nitrogens with zero attached hydrogens (tertiary/aromatic N) is 1. The third kappa shape index (κ3) is 2.16. The van der Waals surface area contributed by atoms with E-state index in [0.29, 0.717) is 17.7 Å². The minimum absolute atomic E-state index is 0.103. The van der Waals surface area contributed by atoms with E-state index in [1.807, 2.05) is 32.9 Å². The van der Waals surface area contributed by atoms with E-state index in [1.165, 1.54) is 16.2 Å². The minimum atomic E-state index is -0.175. The number of thiophene rings is 1. The number of hydrogen-bond acceptors (Lipinski definition) is 3. The van der Waals surface area contributed by atoms with Gasteiger partial charge in [0.15, 0.2) is 0 Å². The van der Waals surface area contributed by atoms with Crippen molar-refractivity contribution < 1.29 is 9.59 Å². The summed E-state index contributed by atoms with van der Waals surface area (Å²) in [6.07, 6.45) is 5.53. The van der Waals surface area contributed by atoms with E-state index in [9.17, 15) is 9.59 Å². The van der Waals surface area contributed by atoms with Gasteiger partial charge in [-0.15, -0.1) is 17.9 Å². The molecule has 1 atom stereocenters. The molecule has 1 unspecified atom stereocenters. The van der Waals surface area contributed by atoms with Crippen molar-refractivity contribution >= 4 is 29.2 Å². The molecule has 4 heteroatoms. The summed E-state index contributed by atoms with van der Waals surface area (Å²) in [5.74, 6) is -0.240. The first kappa shape index (κ1) is 13.7. The van der Waals surface area contributed by atoms with Crippen molar-refractivity contribution in [2.75, 3.05) is 6.54 Å². The zero-order valence-electron chi connectivity index (χ0n) is 11.4. The number of allylic oxidation sites excluding steroid dienone is 1. The van der Waals surface area contributed by atoms with Gasteiger partial charge in [0.25, 0.3) is 11.8 Å². The van der Waals surface area contributed by atoms with Gasteiger partial charge in [0, 0.05) is 16.3 Å². The van der Waals surface area contributed by atoms with Gasteiger partial charge in [-0.05, 0) is 25.8 Å². The van der Waals surface area contributed by atoms with E-state index in [-0.39, 0.29) is 17.7 Å². The lowest BCUT2D eigenvalue weighted by Crippen LogP contribution is -2.33. The summed E-state index contributed by atoms with van der Waals surface area (Å²) < 4.78 is 0. The summed E-state index contributed by atoms with van der Waals surface area (Å²) >= 11 is 1.50. The average Bonchev–Trinajstić information content (AvgIpc) is 2.82. The van der Waals surface area contributed by atoms with Crippen LogP contribution in [-0.4, -0.2) is 23.3 Å². The lowest BCUT2D eigenvalue weighted by atomic mass is 10.1. The largest absolute Gasteiger partial charge is 0.274 e. The summed E-state index contributed by atoms with van der Waals surface area (Å²) in [4.78, 5) is 27.9. The fourth-order valence-electron chi connectivity index (χ4n) is 2.20. The molecule has 0 spiro atoms. The molecule has 0 aromatic carbocycles. The first-order valence-electron chi connectivity index (χ1n) is 6.26. The smallest absolute Gasteiger partial charge is 0.263 e. The topological polar surface area (TPSA) is 37.4 Å². The van der Waals surface area contributed by atoms with Gasteiger partial charge in [-0.1, -0.05) is 19.1 Å². The van der Waals surface area contributed by atoms with E-state index in [1.54, 1.807) is 6.08 Å². The van der Waals surface area contributed by atoms with Gasteiger partial charge in [-0.3, -0.25) is 14.5 Å². The molecule has 2 heterocycles. The van der Waals surface area contributed by atoms with Gasteiger partial charge in [0.2, 0.25) is 0 Å². The number of hydrogen-bond donors (Lipinski definition) is 0. The Morgan fingerprint density at radius 3 is 2.53 bits per heavy atom. The number of carbonyl (C=O) groups is 2. The highest BCUT2D eigenvalue weighted by Crippen LogP contribution is 2.36. The van der Waals surface area contributed by atoms with Crippen molar-refractivity contribution in [1.29, 1.82) is 0 Å². The molecule has 3 nitrogen and oxygen atoms in total. The maximum Gasteiger partial charge on any atom is 0.263 e. The fourth-order valence-corrected chi connectivity index (χ4v) is 3.31. The Balaban J connectivity index is 2.44. The zero-order valence-corrected chi connectivity index (χ0v) is 12.2. The molecule has 0 fully saturated rings. The van der Waals surface area contributed by atoms with Crippen LogP contribution in [0.2, 0.25) is 0 Å². The molecule has 1 aliphatic heterocycles. The van der Waals surface area contributed by atoms with E-state index >= 15 is 0 Å². The molecule has 2 amide bonds. The zero-order chi connectivity index (χ0) is 14.2. The molecule has 1 aromatic heterocycles. The molecule has 1 aromatic rings. The van der Waals surface area contributed by atoms with Crippen LogP contribution < -0.4 is 0 Å². The van der Waals surface area contributed by atoms with Crippen LogP contribution in [0.15, 0.2) is 18.7 Å². The molecular weight excluding hydrogens is 258 g/mol. The highest BCUT2D eigenvalue weighted by molar-refractivity contribution is 7.13. The van der Waals surface area contributed by atoms with Crippen molar-refractivity contribution in [2.24, 2.45) is 5.92 Å². The normalized spacial score (nSPS) is 16.3. The molecule has 19 heavy (non-hydrogen) atoms. The van der Waals surface area contributed by atoms with Crippen LogP contribution in [0, 0.1) is 12.8 Å². The predicted molar refractivity (Wildman–Crippen MR) is 78.5 cm³/mol. The van der Waals surface area contributed by atoms with E-state index in [2.05, 4.69) is 6.58 Å². The van der Waals surface area contributed by atoms with Crippen LogP contribution in [0.1, 0.15) is 44.3 Å². The quantitative estimate of drug-likeness (QED) is 0.623. The van der Waals surface area contributed by atoms with Gasteiger partial charge >= 0.3 is 0 Å². The molecule has 0 radical (unpaired) electrons. The lowest BCUT2D eigenvalue weighted by Gasteiger charge is -2.17. The van der Waals surface area contributed by atoms with Crippen LogP contribution in [0.25, 0.3) is 6.08 Å². The summed E-state index contributed by atoms with van der Waals surface area (Å²) in [7, 11) is 0. The summed E-state index contributed by atoms with van der Waals surface area (Å²) in [6.45, 7) is 9.83. The second kappa shape index (κ2) is 5.13. The Morgan fingerprint density at radius 2 is 1.95 bits per heavy atom. The van der Waals surface area contributed by atoms with Crippen molar-refractivity contribution in [3.05, 3.63) is 39.6 Å². The lowest BCUT2D eigenvalue weighted by molar-refractivity contribution is 0.0641. The Hall–Kier alpha value is -1.68. The van der Waals surface area contributed by atoms with Gasteiger partial charge in [0.05, 0.1) is 11.1 Å². The second-order valence-corrected chi connectivity index (χ2v) is 5.96. The summed E-state index contributed by atoms with van der Waals surface area (Å²) in [5.41, 5.74) is 1.15. The van der Waals surface area contributed by atoms with E-state index in [0.717, 1.165) is 9.75 Å². The number of carbonyl (C=O) groups excluding carboxylic acids is 2. The Kier molecular flexibility index (Phi) is 3.71. The molecule has 0 bridgehead atoms. The number of imide groups is 1. The van der Waals surface area contributed by atoms with Crippen molar-refractivity contribution in [2.45, 2.75) is 20.8 Å². The van der Waals surface area contributed by atoms with E-state index in [4.69, 9.17) is 0 Å². The number of amides is 2. The molecule has 0 aliphatic carbocycles. The SMILES string of the molecule is C=CC(C)CN1C(=O)c2c(C)sc(/C=C/C)c2C1=O. The first-order valence-corrected chi connectivity index (χ1v) is 7.07. The monoisotopic (exact) mass is 275 g/mol. The Morgan fingerprint density at radius 1 is 1.32 bits per heavy atom. The number of fused-ring (bicyclic) bond motifs is 1. The van der Waals surface area contributed by atoms with Crippen LogP contribution in [-0.2, 0) is 0 Å². The van der Waals surface area contributed by atoms with Crippen molar-refractivity contribution in [3.63, 3.8) is 0 Å². The molecule has 2 rings (SSSR count). The van der Waals surface area contributed by atoms with Crippen LogP contribution in [0.3, 0.4) is 0 Å². The Bertz CT molecular complexity index is 583. The fraction of sp³-hybridized carbons (Fsp3) is 0.333. The maximum absolute atomic E-state index is 12.4. The maximum atomic E-state index is 12.4. The van der Waals surface area contributed by atoms with Crippen LogP contribution in [0.5, 0.6) is 0 Å². The third-order valence-electron chi connectivity index (χ3n) is 3.22. The number of aryl methyl sites for hydroxylation is 1. The van der Waals surface area contributed by atoms with Gasteiger partial charge in [0.1, 0.15) is 0 Å². The molecule has 0 N–H and O–H groups in total. The third-order valence-corrected chi connectivity index (χ3v) is 4.29. The van der Waals surface area contributed by atoms with Crippen molar-refractivity contribution in [1.82, 2.24) is 4.90 Å². The molecule has 100 valence electrons. The molecule has 1 aliphatic rings. The average molecular weight is 275 g/mol. The molecular formula is C15H17NO2S.